The second-order valence-electron chi connectivity index (χ2n) is 3.69. The summed E-state index contributed by atoms with van der Waals surface area (Å²) in [6, 6.07) is 7.96. The second-order valence-corrected chi connectivity index (χ2v) is 3.69. The molecule has 0 amide bonds. The molecule has 0 aliphatic rings. The molecule has 0 aliphatic carbocycles. The summed E-state index contributed by atoms with van der Waals surface area (Å²) in [6.45, 7) is -0.267. The van der Waals surface area contributed by atoms with E-state index in [1.807, 2.05) is 24.3 Å². The predicted molar refractivity (Wildman–Crippen MR) is 62.7 cm³/mol. The van der Waals surface area contributed by atoms with Crippen LogP contribution in [0.5, 0.6) is 0 Å². The van der Waals surface area contributed by atoms with Gasteiger partial charge in [-0.3, -0.25) is 9.49 Å². The van der Waals surface area contributed by atoms with Crippen LogP contribution in [0.3, 0.4) is 0 Å². The first-order valence-corrected chi connectivity index (χ1v) is 5.25. The average Bonchev–Trinajstić information content (AvgIpc) is 2.74. The lowest BCUT2D eigenvalue weighted by atomic mass is 10.0. The fourth-order valence-electron chi connectivity index (χ4n) is 1.65. The Morgan fingerprint density at radius 3 is 2.56 bits per heavy atom. The van der Waals surface area contributed by atoms with E-state index in [9.17, 15) is 4.39 Å². The third-order valence-electron chi connectivity index (χ3n) is 2.53. The molecule has 1 aromatic carbocycles. The molecular formula is C12H14FN3. The Hall–Kier alpha value is -1.84. The fourth-order valence-corrected chi connectivity index (χ4v) is 1.65. The number of halogens is 1. The van der Waals surface area contributed by atoms with Crippen LogP contribution in [0.1, 0.15) is 12.0 Å². The van der Waals surface area contributed by atoms with E-state index < -0.39 is 0 Å². The number of anilines is 1. The van der Waals surface area contributed by atoms with Crippen molar-refractivity contribution in [3.05, 3.63) is 36.0 Å². The Morgan fingerprint density at radius 2 is 2.00 bits per heavy atom. The largest absolute Gasteiger partial charge is 0.384 e. The van der Waals surface area contributed by atoms with Gasteiger partial charge in [0.15, 0.2) is 0 Å². The third kappa shape index (κ3) is 2.21. The highest BCUT2D eigenvalue weighted by Gasteiger charge is 2.03. The van der Waals surface area contributed by atoms with Gasteiger partial charge in [0.2, 0.25) is 0 Å². The number of alkyl halides is 1. The zero-order valence-electron chi connectivity index (χ0n) is 8.91. The molecule has 0 atom stereocenters. The topological polar surface area (TPSA) is 54.7 Å². The summed E-state index contributed by atoms with van der Waals surface area (Å²) < 4.78 is 12.0. The van der Waals surface area contributed by atoms with Crippen LogP contribution in [-0.4, -0.2) is 16.9 Å². The average molecular weight is 219 g/mol. The zero-order chi connectivity index (χ0) is 11.4. The van der Waals surface area contributed by atoms with E-state index in [1.54, 1.807) is 6.20 Å². The van der Waals surface area contributed by atoms with Crippen LogP contribution in [-0.2, 0) is 6.42 Å². The van der Waals surface area contributed by atoms with E-state index in [2.05, 4.69) is 10.2 Å². The fraction of sp³-hybridized carbons (Fsp3) is 0.250. The lowest BCUT2D eigenvalue weighted by Crippen LogP contribution is -1.89. The number of nitrogens with one attached hydrogen (secondary N) is 1. The standard InChI is InChI=1S/C12H14FN3/c13-7-1-2-9-3-5-10(6-4-9)11-8-15-16-12(11)14/h3-6,8H,1-2,7H2,(H3,14,15,16). The quantitative estimate of drug-likeness (QED) is 0.830. The minimum atomic E-state index is -0.267. The maximum atomic E-state index is 12.0. The monoisotopic (exact) mass is 219 g/mol. The molecule has 1 aromatic heterocycles. The number of nitrogens with zero attached hydrogens (tertiary/aromatic N) is 1. The maximum Gasteiger partial charge on any atom is 0.126 e. The molecule has 4 heteroatoms. The molecule has 0 aliphatic heterocycles. The van der Waals surface area contributed by atoms with Gasteiger partial charge >= 0.3 is 0 Å². The minimum Gasteiger partial charge on any atom is -0.384 e. The van der Waals surface area contributed by atoms with E-state index in [0.717, 1.165) is 23.1 Å². The minimum absolute atomic E-state index is 0.267. The molecule has 16 heavy (non-hydrogen) atoms. The van der Waals surface area contributed by atoms with Crippen molar-refractivity contribution in [2.75, 3.05) is 12.4 Å². The SMILES string of the molecule is Nc1[nH]ncc1-c1ccc(CCCF)cc1. The van der Waals surface area contributed by atoms with Crippen LogP contribution < -0.4 is 5.73 Å². The molecule has 0 unspecified atom stereocenters. The number of H-pyrrole nitrogens is 1. The summed E-state index contributed by atoms with van der Waals surface area (Å²) in [5.74, 6) is 0.566. The molecule has 0 bridgehead atoms. The number of hydrogen-bond acceptors (Lipinski definition) is 2. The third-order valence-corrected chi connectivity index (χ3v) is 2.53. The van der Waals surface area contributed by atoms with Crippen molar-refractivity contribution in [1.29, 1.82) is 0 Å². The molecule has 2 aromatic rings. The summed E-state index contributed by atoms with van der Waals surface area (Å²) in [4.78, 5) is 0. The highest BCUT2D eigenvalue weighted by molar-refractivity contribution is 5.72. The number of nitrogen functional groups attached to an aromatic ring is 1. The molecule has 0 radical (unpaired) electrons. The van der Waals surface area contributed by atoms with Crippen LogP contribution in [0.4, 0.5) is 10.2 Å². The smallest absolute Gasteiger partial charge is 0.126 e. The van der Waals surface area contributed by atoms with Gasteiger partial charge < -0.3 is 5.73 Å². The number of rotatable bonds is 4. The Balaban J connectivity index is 2.16. The molecule has 0 saturated heterocycles. The molecule has 84 valence electrons. The van der Waals surface area contributed by atoms with Crippen molar-refractivity contribution < 1.29 is 4.39 Å². The van der Waals surface area contributed by atoms with Gasteiger partial charge in [-0.05, 0) is 24.0 Å². The van der Waals surface area contributed by atoms with E-state index >= 15 is 0 Å². The second kappa shape index (κ2) is 4.79. The van der Waals surface area contributed by atoms with E-state index in [4.69, 9.17) is 5.73 Å². The van der Waals surface area contributed by atoms with E-state index in [1.165, 1.54) is 0 Å². The predicted octanol–water partition coefficient (Wildman–Crippen LogP) is 2.56. The van der Waals surface area contributed by atoms with Crippen molar-refractivity contribution in [3.63, 3.8) is 0 Å². The van der Waals surface area contributed by atoms with Crippen LogP contribution >= 0.6 is 0 Å². The van der Waals surface area contributed by atoms with Crippen molar-refractivity contribution in [2.24, 2.45) is 0 Å². The molecule has 0 fully saturated rings. The lowest BCUT2D eigenvalue weighted by Gasteiger charge is -2.02. The molecule has 0 saturated carbocycles. The van der Waals surface area contributed by atoms with Gasteiger partial charge in [-0.1, -0.05) is 24.3 Å². The summed E-state index contributed by atoms with van der Waals surface area (Å²) >= 11 is 0. The van der Waals surface area contributed by atoms with E-state index in [0.29, 0.717) is 12.2 Å². The lowest BCUT2D eigenvalue weighted by molar-refractivity contribution is 0.473. The summed E-state index contributed by atoms with van der Waals surface area (Å²) in [5, 5.41) is 6.56. The van der Waals surface area contributed by atoms with Gasteiger partial charge in [0.05, 0.1) is 12.9 Å². The summed E-state index contributed by atoms with van der Waals surface area (Å²) in [7, 11) is 0. The van der Waals surface area contributed by atoms with Crippen LogP contribution in [0.25, 0.3) is 11.1 Å². The number of aromatic amines is 1. The Labute approximate surface area is 93.5 Å². The van der Waals surface area contributed by atoms with Gasteiger partial charge in [-0.15, -0.1) is 0 Å². The van der Waals surface area contributed by atoms with Gasteiger partial charge in [0.1, 0.15) is 5.82 Å². The molecule has 1 heterocycles. The Kier molecular flexibility index (Phi) is 3.19. The number of nitrogens with two attached hydrogens (primary N) is 1. The first-order chi connectivity index (χ1) is 7.81. The summed E-state index contributed by atoms with van der Waals surface area (Å²) in [5.41, 5.74) is 8.79. The van der Waals surface area contributed by atoms with Crippen LogP contribution in [0.15, 0.2) is 30.5 Å². The molecular weight excluding hydrogens is 205 g/mol. The number of aromatic nitrogens is 2. The van der Waals surface area contributed by atoms with Gasteiger partial charge in [-0.2, -0.15) is 5.10 Å². The first-order valence-electron chi connectivity index (χ1n) is 5.25. The number of aryl methyl sites for hydroxylation is 1. The molecule has 0 spiro atoms. The number of hydrogen-bond donors (Lipinski definition) is 2. The van der Waals surface area contributed by atoms with Crippen LogP contribution in [0, 0.1) is 0 Å². The molecule has 2 rings (SSSR count). The highest BCUT2D eigenvalue weighted by atomic mass is 19.1. The van der Waals surface area contributed by atoms with E-state index in [-0.39, 0.29) is 6.67 Å². The van der Waals surface area contributed by atoms with Crippen molar-refractivity contribution >= 4 is 5.82 Å². The van der Waals surface area contributed by atoms with Crippen molar-refractivity contribution in [2.45, 2.75) is 12.8 Å². The van der Waals surface area contributed by atoms with Crippen molar-refractivity contribution in [3.8, 4) is 11.1 Å². The normalized spacial score (nSPS) is 10.6. The maximum absolute atomic E-state index is 12.0. The molecule has 3 nitrogen and oxygen atoms in total. The highest BCUT2D eigenvalue weighted by Crippen LogP contribution is 2.23. The summed E-state index contributed by atoms with van der Waals surface area (Å²) in [6.07, 6.45) is 3.05. The Bertz CT molecular complexity index is 448. The van der Waals surface area contributed by atoms with Gasteiger partial charge in [-0.25, -0.2) is 0 Å². The molecule has 3 N–H and O–H groups in total. The van der Waals surface area contributed by atoms with Gasteiger partial charge in [0.25, 0.3) is 0 Å². The first kappa shape index (κ1) is 10.7. The van der Waals surface area contributed by atoms with Crippen LogP contribution in [0.2, 0.25) is 0 Å². The van der Waals surface area contributed by atoms with Crippen molar-refractivity contribution in [1.82, 2.24) is 10.2 Å². The van der Waals surface area contributed by atoms with Gasteiger partial charge in [0, 0.05) is 5.56 Å². The zero-order valence-corrected chi connectivity index (χ0v) is 8.91. The Morgan fingerprint density at radius 1 is 1.25 bits per heavy atom. The number of benzene rings is 1.